The summed E-state index contributed by atoms with van der Waals surface area (Å²) in [6, 6.07) is 4.73. The molecular formula is C16H27N5. The highest BCUT2D eigenvalue weighted by atomic mass is 15.3. The minimum Gasteiger partial charge on any atom is -0.355 e. The SMILES string of the molecule is CN(CC1(C)CCNC1)C1CCN(c2cccnn2)CC1. The van der Waals surface area contributed by atoms with E-state index in [4.69, 9.17) is 0 Å². The van der Waals surface area contributed by atoms with Crippen molar-refractivity contribution in [3.05, 3.63) is 18.3 Å². The summed E-state index contributed by atoms with van der Waals surface area (Å²) in [6.07, 6.45) is 5.48. The number of anilines is 1. The highest BCUT2D eigenvalue weighted by Gasteiger charge is 2.32. The molecular weight excluding hydrogens is 262 g/mol. The van der Waals surface area contributed by atoms with Crippen LogP contribution in [0.15, 0.2) is 18.3 Å². The largest absolute Gasteiger partial charge is 0.355 e. The number of hydrogen-bond donors (Lipinski definition) is 1. The van der Waals surface area contributed by atoms with Crippen molar-refractivity contribution in [3.63, 3.8) is 0 Å². The molecule has 0 aliphatic carbocycles. The van der Waals surface area contributed by atoms with Crippen LogP contribution in [0.4, 0.5) is 5.82 Å². The lowest BCUT2D eigenvalue weighted by atomic mass is 9.88. The van der Waals surface area contributed by atoms with Gasteiger partial charge in [-0.1, -0.05) is 6.92 Å². The predicted octanol–water partition coefficient (Wildman–Crippen LogP) is 1.38. The Bertz CT molecular complexity index is 435. The summed E-state index contributed by atoms with van der Waals surface area (Å²) in [5.74, 6) is 1.02. The second-order valence-corrected chi connectivity index (χ2v) is 6.95. The molecule has 2 aliphatic rings. The summed E-state index contributed by atoms with van der Waals surface area (Å²) in [6.45, 7) is 8.13. The molecule has 1 N–H and O–H groups in total. The van der Waals surface area contributed by atoms with Crippen molar-refractivity contribution < 1.29 is 0 Å². The molecule has 0 amide bonds. The summed E-state index contributed by atoms with van der Waals surface area (Å²) >= 11 is 0. The molecule has 2 saturated heterocycles. The zero-order valence-electron chi connectivity index (χ0n) is 13.3. The second-order valence-electron chi connectivity index (χ2n) is 6.95. The fourth-order valence-electron chi connectivity index (χ4n) is 3.73. The van der Waals surface area contributed by atoms with Crippen molar-refractivity contribution in [1.82, 2.24) is 20.4 Å². The van der Waals surface area contributed by atoms with Gasteiger partial charge in [-0.15, -0.1) is 5.10 Å². The molecule has 5 nitrogen and oxygen atoms in total. The molecule has 1 unspecified atom stereocenters. The molecule has 0 aromatic carbocycles. The molecule has 5 heteroatoms. The molecule has 1 aromatic rings. The fourth-order valence-corrected chi connectivity index (χ4v) is 3.73. The molecule has 0 bridgehead atoms. The van der Waals surface area contributed by atoms with Crippen LogP contribution in [-0.2, 0) is 0 Å². The van der Waals surface area contributed by atoms with Crippen LogP contribution in [0, 0.1) is 5.41 Å². The summed E-state index contributed by atoms with van der Waals surface area (Å²) < 4.78 is 0. The molecule has 3 rings (SSSR count). The van der Waals surface area contributed by atoms with Gasteiger partial charge in [0.1, 0.15) is 0 Å². The number of rotatable bonds is 4. The fraction of sp³-hybridized carbons (Fsp3) is 0.750. The number of nitrogens with zero attached hydrogens (tertiary/aromatic N) is 4. The number of aromatic nitrogens is 2. The van der Waals surface area contributed by atoms with E-state index in [9.17, 15) is 0 Å². The van der Waals surface area contributed by atoms with Gasteiger partial charge in [0.05, 0.1) is 0 Å². The first-order valence-electron chi connectivity index (χ1n) is 8.10. The molecule has 116 valence electrons. The summed E-state index contributed by atoms with van der Waals surface area (Å²) in [4.78, 5) is 4.94. The summed E-state index contributed by atoms with van der Waals surface area (Å²) in [7, 11) is 2.30. The van der Waals surface area contributed by atoms with Gasteiger partial charge in [-0.2, -0.15) is 5.10 Å². The summed E-state index contributed by atoms with van der Waals surface area (Å²) in [5, 5.41) is 11.7. The molecule has 3 heterocycles. The van der Waals surface area contributed by atoms with E-state index < -0.39 is 0 Å². The van der Waals surface area contributed by atoms with Gasteiger partial charge < -0.3 is 15.1 Å². The third-order valence-corrected chi connectivity index (χ3v) is 5.06. The van der Waals surface area contributed by atoms with Crippen LogP contribution in [0.25, 0.3) is 0 Å². The molecule has 2 fully saturated rings. The highest BCUT2D eigenvalue weighted by Crippen LogP contribution is 2.28. The molecule has 0 radical (unpaired) electrons. The monoisotopic (exact) mass is 289 g/mol. The van der Waals surface area contributed by atoms with Gasteiger partial charge in [0.15, 0.2) is 5.82 Å². The number of hydrogen-bond acceptors (Lipinski definition) is 5. The first-order chi connectivity index (χ1) is 10.2. The second kappa shape index (κ2) is 6.28. The smallest absolute Gasteiger partial charge is 0.151 e. The van der Waals surface area contributed by atoms with Crippen LogP contribution in [0.2, 0.25) is 0 Å². The van der Waals surface area contributed by atoms with E-state index in [1.807, 2.05) is 6.07 Å². The normalized spacial score (nSPS) is 27.5. The van der Waals surface area contributed by atoms with E-state index in [1.54, 1.807) is 6.20 Å². The quantitative estimate of drug-likeness (QED) is 0.907. The number of nitrogens with one attached hydrogen (secondary N) is 1. The van der Waals surface area contributed by atoms with Crippen molar-refractivity contribution in [2.45, 2.75) is 32.2 Å². The lowest BCUT2D eigenvalue weighted by Crippen LogP contribution is -2.47. The summed E-state index contributed by atoms with van der Waals surface area (Å²) in [5.41, 5.74) is 0.455. The first kappa shape index (κ1) is 14.7. The van der Waals surface area contributed by atoms with Gasteiger partial charge in [-0.3, -0.25) is 0 Å². The zero-order chi connectivity index (χ0) is 14.7. The maximum atomic E-state index is 4.22. The lowest BCUT2D eigenvalue weighted by Gasteiger charge is -2.40. The van der Waals surface area contributed by atoms with Crippen LogP contribution in [0.5, 0.6) is 0 Å². The lowest BCUT2D eigenvalue weighted by molar-refractivity contribution is 0.141. The maximum Gasteiger partial charge on any atom is 0.151 e. The standard InChI is InChI=1S/C16H27N5/c1-16(7-9-17-12-16)13-20(2)14-5-10-21(11-6-14)15-4-3-8-18-19-15/h3-4,8,14,17H,5-7,9-13H2,1-2H3. The van der Waals surface area contributed by atoms with E-state index in [1.165, 1.54) is 32.4 Å². The van der Waals surface area contributed by atoms with Crippen LogP contribution in [0.1, 0.15) is 26.2 Å². The highest BCUT2D eigenvalue weighted by molar-refractivity contribution is 5.36. The van der Waals surface area contributed by atoms with Gasteiger partial charge in [-0.25, -0.2) is 0 Å². The minimum atomic E-state index is 0.455. The number of piperidine rings is 1. The molecule has 1 atom stereocenters. The first-order valence-corrected chi connectivity index (χ1v) is 8.10. The Morgan fingerprint density at radius 2 is 2.24 bits per heavy atom. The Morgan fingerprint density at radius 3 is 2.86 bits per heavy atom. The van der Waals surface area contributed by atoms with Gasteiger partial charge in [0, 0.05) is 38.4 Å². The molecule has 0 saturated carbocycles. The molecule has 21 heavy (non-hydrogen) atoms. The van der Waals surface area contributed by atoms with Crippen molar-refractivity contribution in [1.29, 1.82) is 0 Å². The van der Waals surface area contributed by atoms with Crippen molar-refractivity contribution >= 4 is 5.82 Å². The van der Waals surface area contributed by atoms with E-state index in [-0.39, 0.29) is 0 Å². The molecule has 1 aromatic heterocycles. The Kier molecular flexibility index (Phi) is 4.40. The van der Waals surface area contributed by atoms with Gasteiger partial charge >= 0.3 is 0 Å². The van der Waals surface area contributed by atoms with E-state index in [0.29, 0.717) is 11.5 Å². The topological polar surface area (TPSA) is 44.3 Å². The van der Waals surface area contributed by atoms with Crippen LogP contribution in [0.3, 0.4) is 0 Å². The van der Waals surface area contributed by atoms with Crippen molar-refractivity contribution in [3.8, 4) is 0 Å². The van der Waals surface area contributed by atoms with E-state index in [2.05, 4.69) is 45.4 Å². The van der Waals surface area contributed by atoms with Crippen LogP contribution < -0.4 is 10.2 Å². The van der Waals surface area contributed by atoms with Crippen molar-refractivity contribution in [2.24, 2.45) is 5.41 Å². The van der Waals surface area contributed by atoms with Crippen LogP contribution in [-0.4, -0.2) is 60.9 Å². The van der Waals surface area contributed by atoms with Crippen LogP contribution >= 0.6 is 0 Å². The predicted molar refractivity (Wildman–Crippen MR) is 85.5 cm³/mol. The zero-order valence-corrected chi connectivity index (χ0v) is 13.3. The average molecular weight is 289 g/mol. The van der Waals surface area contributed by atoms with Gasteiger partial charge in [-0.05, 0) is 50.4 Å². The third kappa shape index (κ3) is 3.52. The Balaban J connectivity index is 1.51. The Morgan fingerprint density at radius 1 is 1.43 bits per heavy atom. The van der Waals surface area contributed by atoms with Gasteiger partial charge in [0.2, 0.25) is 0 Å². The molecule has 2 aliphatic heterocycles. The Labute approximate surface area is 127 Å². The third-order valence-electron chi connectivity index (χ3n) is 5.06. The maximum absolute atomic E-state index is 4.22. The van der Waals surface area contributed by atoms with E-state index in [0.717, 1.165) is 25.5 Å². The van der Waals surface area contributed by atoms with Gasteiger partial charge in [0.25, 0.3) is 0 Å². The Hall–Kier alpha value is -1.20. The molecule has 0 spiro atoms. The average Bonchev–Trinajstić information content (AvgIpc) is 2.94. The minimum absolute atomic E-state index is 0.455. The van der Waals surface area contributed by atoms with E-state index >= 15 is 0 Å². The van der Waals surface area contributed by atoms with Crippen molar-refractivity contribution in [2.75, 3.05) is 44.7 Å².